The molecule has 0 spiro atoms. The second-order valence-corrected chi connectivity index (χ2v) is 16.4. The van der Waals surface area contributed by atoms with E-state index in [-0.39, 0.29) is 76.4 Å². The molecule has 63 heavy (non-hydrogen) atoms. The van der Waals surface area contributed by atoms with Crippen molar-refractivity contribution in [3.63, 3.8) is 0 Å². The molecular weight excluding hydrogens is 830 g/mol. The molecule has 1 fully saturated rings. The van der Waals surface area contributed by atoms with Gasteiger partial charge in [-0.05, 0) is 91.5 Å². The zero-order valence-electron chi connectivity index (χ0n) is 35.8. The number of nitrogens with zero attached hydrogens (tertiary/aromatic N) is 2. The lowest BCUT2D eigenvalue weighted by molar-refractivity contribution is -0.256. The van der Waals surface area contributed by atoms with Crippen LogP contribution in [0.4, 0.5) is 9.59 Å². The van der Waals surface area contributed by atoms with E-state index in [4.69, 9.17) is 50.0 Å². The lowest BCUT2D eigenvalue weighted by Crippen LogP contribution is -2.70. The van der Waals surface area contributed by atoms with Gasteiger partial charge in [-0.1, -0.05) is 66.5 Å². The van der Waals surface area contributed by atoms with Crippen molar-refractivity contribution < 1.29 is 53.1 Å². The van der Waals surface area contributed by atoms with Crippen LogP contribution in [0.2, 0.25) is 0 Å². The summed E-state index contributed by atoms with van der Waals surface area (Å²) in [5.74, 6) is -0.457. The third kappa shape index (κ3) is 10.4. The lowest BCUT2D eigenvalue weighted by Gasteiger charge is -2.59. The molecule has 2 aliphatic heterocycles. The number of oxime groups is 1. The maximum Gasteiger partial charge on any atom is 0.412 e. The van der Waals surface area contributed by atoms with Crippen LogP contribution in [-0.4, -0.2) is 90.5 Å². The van der Waals surface area contributed by atoms with Crippen LogP contribution < -0.4 is 24.3 Å². The van der Waals surface area contributed by atoms with Crippen molar-refractivity contribution in [2.45, 2.75) is 82.8 Å². The van der Waals surface area contributed by atoms with Gasteiger partial charge in [0.05, 0.1) is 24.1 Å². The molecule has 4 aliphatic rings. The molecule has 0 radical (unpaired) electrons. The molecule has 3 N–H and O–H groups in total. The number of nitrogens with one attached hydrogen (secondary N) is 1. The Morgan fingerprint density at radius 3 is 2.52 bits per heavy atom. The van der Waals surface area contributed by atoms with E-state index in [1.165, 1.54) is 0 Å². The van der Waals surface area contributed by atoms with Crippen LogP contribution in [0.25, 0.3) is 0 Å². The van der Waals surface area contributed by atoms with E-state index in [0.717, 1.165) is 47.9 Å². The van der Waals surface area contributed by atoms with Gasteiger partial charge in [0.1, 0.15) is 30.8 Å². The Labute approximate surface area is 373 Å². The van der Waals surface area contributed by atoms with E-state index in [9.17, 15) is 19.8 Å². The van der Waals surface area contributed by atoms with Gasteiger partial charge in [-0.25, -0.2) is 9.59 Å². The maximum absolute atomic E-state index is 14.6. The van der Waals surface area contributed by atoms with Crippen molar-refractivity contribution in [1.82, 2.24) is 10.2 Å². The van der Waals surface area contributed by atoms with E-state index in [1.54, 1.807) is 23.1 Å². The van der Waals surface area contributed by atoms with Crippen LogP contribution in [0.5, 0.6) is 23.0 Å². The molecule has 0 saturated heterocycles. The highest BCUT2D eigenvalue weighted by atomic mass is 35.5. The van der Waals surface area contributed by atoms with Gasteiger partial charge in [-0.15, -0.1) is 18.2 Å². The number of benzene rings is 3. The van der Waals surface area contributed by atoms with Gasteiger partial charge in [0, 0.05) is 44.2 Å². The number of aliphatic hydroxyl groups is 2. The van der Waals surface area contributed by atoms with Crippen LogP contribution >= 0.6 is 11.6 Å². The summed E-state index contributed by atoms with van der Waals surface area (Å²) in [6.45, 7) is 6.74. The molecule has 2 aliphatic carbocycles. The molecule has 2 heterocycles. The van der Waals surface area contributed by atoms with Gasteiger partial charge in [0.25, 0.3) is 0 Å². The Balaban J connectivity index is 1.45. The summed E-state index contributed by atoms with van der Waals surface area (Å²) in [5, 5.41) is 27.5. The van der Waals surface area contributed by atoms with Crippen LogP contribution in [0.3, 0.4) is 0 Å². The Morgan fingerprint density at radius 2 is 1.76 bits per heavy atom. The number of amides is 2. The quantitative estimate of drug-likeness (QED) is 0.0408. The van der Waals surface area contributed by atoms with Gasteiger partial charge in [0.2, 0.25) is 12.6 Å². The van der Waals surface area contributed by atoms with Crippen LogP contribution in [0.15, 0.2) is 96.2 Å². The number of unbranched alkanes of at least 4 members (excludes halogenated alkanes) is 2. The average molecular weight is 888 g/mol. The van der Waals surface area contributed by atoms with Crippen molar-refractivity contribution in [2.24, 2.45) is 22.9 Å². The topological polar surface area (TPSA) is 167 Å². The van der Waals surface area contributed by atoms with Crippen molar-refractivity contribution in [3.05, 3.63) is 108 Å². The molecule has 2 amide bonds. The number of aliphatic hydroxyl groups excluding tert-OH is 2. The summed E-state index contributed by atoms with van der Waals surface area (Å²) in [4.78, 5) is 35.3. The molecule has 14 nitrogen and oxygen atoms in total. The first-order chi connectivity index (χ1) is 30.8. The van der Waals surface area contributed by atoms with E-state index in [2.05, 4.69) is 18.0 Å². The largest absolute Gasteiger partial charge is 0.459 e. The van der Waals surface area contributed by atoms with Crippen LogP contribution in [0, 0.1) is 17.8 Å². The van der Waals surface area contributed by atoms with Gasteiger partial charge in [-0.2, -0.15) is 0 Å². The highest BCUT2D eigenvalue weighted by molar-refractivity contribution is 6.18. The Kier molecular flexibility index (Phi) is 15.9. The molecule has 3 aromatic carbocycles. The zero-order valence-corrected chi connectivity index (χ0v) is 36.5. The number of allylic oxidation sites excluding steroid dienone is 1. The molecule has 7 rings (SSSR count). The summed E-state index contributed by atoms with van der Waals surface area (Å²) in [6.07, 6.45) is 7.11. The molecule has 0 aromatic heterocycles. The first-order valence-electron chi connectivity index (χ1n) is 21.9. The minimum absolute atomic E-state index is 0.00296. The molecule has 1 saturated carbocycles. The Bertz CT molecular complexity index is 2100. The Hall–Kier alpha value is -5.28. The molecule has 6 atom stereocenters. The summed E-state index contributed by atoms with van der Waals surface area (Å²) >= 11 is 6.11. The predicted molar refractivity (Wildman–Crippen MR) is 236 cm³/mol. The van der Waals surface area contributed by atoms with Gasteiger partial charge >= 0.3 is 12.2 Å². The number of halogens is 1. The molecule has 15 heteroatoms. The average Bonchev–Trinajstić information content (AvgIpc) is 3.77. The molecule has 0 bridgehead atoms. The third-order valence-corrected chi connectivity index (χ3v) is 12.3. The number of carbonyl (C=O) groups is 2. The smallest absolute Gasteiger partial charge is 0.412 e. The monoisotopic (exact) mass is 887 g/mol. The molecule has 338 valence electrons. The number of ether oxygens (including phenoxy) is 6. The summed E-state index contributed by atoms with van der Waals surface area (Å²) < 4.78 is 37.4. The van der Waals surface area contributed by atoms with Gasteiger partial charge in [-0.3, -0.25) is 4.90 Å². The maximum atomic E-state index is 14.6. The normalized spacial score (nSPS) is 23.4. The van der Waals surface area contributed by atoms with Crippen molar-refractivity contribution in [1.29, 1.82) is 0 Å². The summed E-state index contributed by atoms with van der Waals surface area (Å²) in [7, 11) is 0. The molecule has 3 aromatic rings. The standard InChI is InChI=1S/C48H58ClN3O11/c1-3-23-60-48-43(52(47(56)57-24-20-49)29-33-16-18-41-42(25-33)59-31-58-41)28-39(51-61-30-32-12-6-5-7-13-32)37-26-34(14-8-10-21-53)36(15-9-11-22-54)44(45(37)48)38-27-35(17-19-40(38)63-48)62-46(55)50-4-2/h3,5-7,12-13,16-19,25-27,34,36,43-45,53-54H,1,4,8-11,14-15,20-24,28-31H2,2H3,(H,50,55)/t34-,36+,43-,44+,45+,48+/m0/s1. The van der Waals surface area contributed by atoms with E-state index < -0.39 is 29.9 Å². The van der Waals surface area contributed by atoms with Crippen molar-refractivity contribution in [2.75, 3.05) is 45.6 Å². The lowest BCUT2D eigenvalue weighted by atomic mass is 9.55. The third-order valence-electron chi connectivity index (χ3n) is 12.1. The number of fused-ring (bicyclic) bond motifs is 3. The minimum Gasteiger partial charge on any atom is -0.459 e. The minimum atomic E-state index is -1.56. The fourth-order valence-electron chi connectivity index (χ4n) is 9.51. The first kappa shape index (κ1) is 45.7. The number of hydrogen-bond donors (Lipinski definition) is 3. The SMILES string of the molecule is C=CCO[C@@]12Oc3ccc(OC(=O)NCC)cc3[C@H]3[C@H](CCCCO)[C@@H](CCCCO)C=C(C(=NOCc4ccccc4)C[C@@H]1N(Cc1ccc4c(c1)OCO4)C(=O)OCCCl)[C@H]32. The predicted octanol–water partition coefficient (Wildman–Crippen LogP) is 8.24. The van der Waals surface area contributed by atoms with Gasteiger partial charge < -0.3 is 48.8 Å². The second kappa shape index (κ2) is 21.9. The van der Waals surface area contributed by atoms with E-state index in [0.29, 0.717) is 48.1 Å². The Morgan fingerprint density at radius 1 is 0.984 bits per heavy atom. The summed E-state index contributed by atoms with van der Waals surface area (Å²) in [5.41, 5.74) is 3.97. The van der Waals surface area contributed by atoms with Crippen LogP contribution in [0.1, 0.15) is 74.5 Å². The van der Waals surface area contributed by atoms with E-state index >= 15 is 0 Å². The van der Waals surface area contributed by atoms with Crippen molar-refractivity contribution in [3.8, 4) is 23.0 Å². The first-order valence-corrected chi connectivity index (χ1v) is 22.4. The fraction of sp³-hybridized carbons (Fsp3) is 0.479. The molecular formula is C48H58ClN3O11. The van der Waals surface area contributed by atoms with Gasteiger partial charge in [0.15, 0.2) is 11.5 Å². The highest BCUT2D eigenvalue weighted by Gasteiger charge is 2.65. The second-order valence-electron chi connectivity index (χ2n) is 16.1. The van der Waals surface area contributed by atoms with Crippen molar-refractivity contribution >= 4 is 29.5 Å². The number of carbonyl (C=O) groups excluding carboxylic acids is 2. The number of alkyl halides is 1. The number of hydrogen-bond acceptors (Lipinski definition) is 12. The highest BCUT2D eigenvalue weighted by Crippen LogP contribution is 2.62. The summed E-state index contributed by atoms with van der Waals surface area (Å²) in [6, 6.07) is 19.8. The zero-order chi connectivity index (χ0) is 44.2. The van der Waals surface area contributed by atoms with Crippen LogP contribution in [-0.2, 0) is 27.5 Å². The molecule has 0 unspecified atom stereocenters. The van der Waals surface area contributed by atoms with E-state index in [1.807, 2.05) is 61.5 Å². The fourth-order valence-corrected chi connectivity index (χ4v) is 9.58. The number of rotatable bonds is 21.